The van der Waals surface area contributed by atoms with Gasteiger partial charge in [0.1, 0.15) is 11.5 Å². The molecule has 3 aromatic heterocycles. The number of hydrogen-bond acceptors (Lipinski definition) is 6. The van der Waals surface area contributed by atoms with Crippen LogP contribution in [0, 0.1) is 0 Å². The number of nitrogens with zero attached hydrogens (tertiary/aromatic N) is 5. The summed E-state index contributed by atoms with van der Waals surface area (Å²) in [4.78, 5) is 15.7. The van der Waals surface area contributed by atoms with Gasteiger partial charge in [0.2, 0.25) is 0 Å². The van der Waals surface area contributed by atoms with E-state index in [1.807, 2.05) is 24.3 Å². The number of imidazole rings is 1. The van der Waals surface area contributed by atoms with Gasteiger partial charge in [-0.1, -0.05) is 22.0 Å². The van der Waals surface area contributed by atoms with Crippen LogP contribution in [0.15, 0.2) is 69.8 Å². The third-order valence-corrected chi connectivity index (χ3v) is 4.12. The number of anilines is 1. The van der Waals surface area contributed by atoms with Crippen LogP contribution < -0.4 is 5.73 Å². The maximum atomic E-state index is 5.98. The van der Waals surface area contributed by atoms with E-state index in [2.05, 4.69) is 46.1 Å². The summed E-state index contributed by atoms with van der Waals surface area (Å²) in [5, 5.41) is 10.3. The summed E-state index contributed by atoms with van der Waals surface area (Å²) < 4.78 is 0.933. The fourth-order valence-electron chi connectivity index (χ4n) is 2.40. The van der Waals surface area contributed by atoms with Gasteiger partial charge in [-0.2, -0.15) is 0 Å². The lowest BCUT2D eigenvalue weighted by molar-refractivity contribution is 1.15. The Bertz CT molecular complexity index is 1050. The first kappa shape index (κ1) is 15.4. The minimum Gasteiger partial charge on any atom is -0.382 e. The summed E-state index contributed by atoms with van der Waals surface area (Å²) in [6, 6.07) is 9.47. The lowest BCUT2D eigenvalue weighted by Crippen LogP contribution is -1.90. The molecule has 0 saturated heterocycles. The zero-order valence-electron chi connectivity index (χ0n) is 12.9. The molecular weight excluding hydrogens is 382 g/mol. The summed E-state index contributed by atoms with van der Waals surface area (Å²) in [7, 11) is 0. The number of pyridine rings is 2. The second-order valence-electron chi connectivity index (χ2n) is 5.27. The SMILES string of the molecule is Nc1ncc2ccc(Br)cc2c1N=Nc1ccc(-c2ncc[nH]2)cn1. The molecule has 0 aliphatic rings. The van der Waals surface area contributed by atoms with Crippen molar-refractivity contribution in [3.63, 3.8) is 0 Å². The Morgan fingerprint density at radius 3 is 2.68 bits per heavy atom. The second-order valence-corrected chi connectivity index (χ2v) is 6.18. The molecule has 25 heavy (non-hydrogen) atoms. The minimum absolute atomic E-state index is 0.321. The fraction of sp³-hybridized carbons (Fsp3) is 0. The van der Waals surface area contributed by atoms with Gasteiger partial charge in [0, 0.05) is 45.6 Å². The highest BCUT2D eigenvalue weighted by molar-refractivity contribution is 9.10. The van der Waals surface area contributed by atoms with Crippen molar-refractivity contribution in [2.75, 3.05) is 5.73 Å². The van der Waals surface area contributed by atoms with E-state index in [0.717, 1.165) is 26.6 Å². The van der Waals surface area contributed by atoms with Crippen LogP contribution in [0.25, 0.3) is 22.2 Å². The van der Waals surface area contributed by atoms with Gasteiger partial charge in [0.25, 0.3) is 0 Å². The fourth-order valence-corrected chi connectivity index (χ4v) is 2.76. The van der Waals surface area contributed by atoms with Crippen molar-refractivity contribution in [1.82, 2.24) is 19.9 Å². The molecule has 0 saturated carbocycles. The number of nitrogens with one attached hydrogen (secondary N) is 1. The monoisotopic (exact) mass is 393 g/mol. The zero-order valence-corrected chi connectivity index (χ0v) is 14.5. The Balaban J connectivity index is 1.69. The van der Waals surface area contributed by atoms with Gasteiger partial charge < -0.3 is 10.7 Å². The molecule has 4 rings (SSSR count). The van der Waals surface area contributed by atoms with E-state index in [1.165, 1.54) is 0 Å². The van der Waals surface area contributed by atoms with Crippen LogP contribution in [-0.4, -0.2) is 19.9 Å². The smallest absolute Gasteiger partial charge is 0.174 e. The molecule has 4 aromatic rings. The lowest BCUT2D eigenvalue weighted by Gasteiger charge is -2.04. The van der Waals surface area contributed by atoms with Gasteiger partial charge in [-0.15, -0.1) is 10.2 Å². The number of aromatic amines is 1. The molecule has 0 unspecified atom stereocenters. The van der Waals surface area contributed by atoms with Gasteiger partial charge in [-0.3, -0.25) is 0 Å². The average Bonchev–Trinajstić information content (AvgIpc) is 3.16. The van der Waals surface area contributed by atoms with Crippen LogP contribution >= 0.6 is 15.9 Å². The first-order valence-electron chi connectivity index (χ1n) is 7.42. The largest absolute Gasteiger partial charge is 0.382 e. The summed E-state index contributed by atoms with van der Waals surface area (Å²) in [5.41, 5.74) is 7.37. The number of azo groups is 1. The summed E-state index contributed by atoms with van der Waals surface area (Å²) >= 11 is 3.46. The number of halogens is 1. The number of nitrogen functional groups attached to an aromatic ring is 1. The molecule has 3 N–H and O–H groups in total. The van der Waals surface area contributed by atoms with E-state index in [1.54, 1.807) is 30.9 Å². The molecule has 7 nitrogen and oxygen atoms in total. The number of H-pyrrole nitrogens is 1. The maximum absolute atomic E-state index is 5.98. The van der Waals surface area contributed by atoms with Crippen LogP contribution in [0.1, 0.15) is 0 Å². The molecule has 0 atom stereocenters. The quantitative estimate of drug-likeness (QED) is 0.488. The molecule has 0 spiro atoms. The molecule has 0 bridgehead atoms. The van der Waals surface area contributed by atoms with Gasteiger partial charge in [0.05, 0.1) is 0 Å². The van der Waals surface area contributed by atoms with Crippen molar-refractivity contribution in [2.24, 2.45) is 10.2 Å². The molecule has 0 amide bonds. The molecule has 0 aliphatic carbocycles. The number of hydrogen-bond donors (Lipinski definition) is 2. The molecule has 3 heterocycles. The van der Waals surface area contributed by atoms with E-state index < -0.39 is 0 Å². The van der Waals surface area contributed by atoms with Crippen molar-refractivity contribution >= 4 is 44.0 Å². The standard InChI is InChI=1S/C17H12BrN7/c18-12-3-1-10-8-23-16(19)15(13(10)7-12)25-24-14-4-2-11(9-22-14)17-20-5-6-21-17/h1-9H,(H2,19,23)(H,20,21). The third-order valence-electron chi connectivity index (χ3n) is 3.63. The number of rotatable bonds is 3. The van der Waals surface area contributed by atoms with E-state index >= 15 is 0 Å². The van der Waals surface area contributed by atoms with Crippen molar-refractivity contribution < 1.29 is 0 Å². The third kappa shape index (κ3) is 3.11. The van der Waals surface area contributed by atoms with E-state index in [0.29, 0.717) is 17.3 Å². The Kier molecular flexibility index (Phi) is 3.95. The van der Waals surface area contributed by atoms with Gasteiger partial charge in [0.15, 0.2) is 11.6 Å². The van der Waals surface area contributed by atoms with E-state index in [9.17, 15) is 0 Å². The number of nitrogens with two attached hydrogens (primary N) is 1. The topological polar surface area (TPSA) is 105 Å². The van der Waals surface area contributed by atoms with Gasteiger partial charge in [-0.25, -0.2) is 15.0 Å². The highest BCUT2D eigenvalue weighted by Gasteiger charge is 2.07. The van der Waals surface area contributed by atoms with Crippen molar-refractivity contribution in [3.05, 3.63) is 59.6 Å². The van der Waals surface area contributed by atoms with Crippen LogP contribution in [-0.2, 0) is 0 Å². The minimum atomic E-state index is 0.321. The predicted molar refractivity (Wildman–Crippen MR) is 99.9 cm³/mol. The molecule has 1 aromatic carbocycles. The van der Waals surface area contributed by atoms with Crippen LogP contribution in [0.2, 0.25) is 0 Å². The molecule has 8 heteroatoms. The van der Waals surface area contributed by atoms with Gasteiger partial charge in [-0.05, 0) is 24.3 Å². The first-order valence-corrected chi connectivity index (χ1v) is 8.21. The highest BCUT2D eigenvalue weighted by Crippen LogP contribution is 2.33. The van der Waals surface area contributed by atoms with Crippen molar-refractivity contribution in [1.29, 1.82) is 0 Å². The number of aromatic nitrogens is 4. The van der Waals surface area contributed by atoms with E-state index in [-0.39, 0.29) is 0 Å². The van der Waals surface area contributed by atoms with Crippen molar-refractivity contribution in [2.45, 2.75) is 0 Å². The Morgan fingerprint density at radius 2 is 1.92 bits per heavy atom. The average molecular weight is 394 g/mol. The lowest BCUT2D eigenvalue weighted by atomic mass is 10.1. The summed E-state index contributed by atoms with van der Waals surface area (Å²) in [5.74, 6) is 1.55. The molecule has 0 fully saturated rings. The number of fused-ring (bicyclic) bond motifs is 1. The zero-order chi connectivity index (χ0) is 17.2. The Labute approximate surface area is 151 Å². The second kappa shape index (κ2) is 6.40. The Morgan fingerprint density at radius 1 is 1.00 bits per heavy atom. The number of benzene rings is 1. The van der Waals surface area contributed by atoms with Crippen LogP contribution in [0.4, 0.5) is 17.3 Å². The van der Waals surface area contributed by atoms with Crippen LogP contribution in [0.5, 0.6) is 0 Å². The van der Waals surface area contributed by atoms with Gasteiger partial charge >= 0.3 is 0 Å². The van der Waals surface area contributed by atoms with Crippen molar-refractivity contribution in [3.8, 4) is 11.4 Å². The van der Waals surface area contributed by atoms with E-state index in [4.69, 9.17) is 5.73 Å². The molecule has 0 radical (unpaired) electrons. The molecule has 122 valence electrons. The normalized spacial score (nSPS) is 11.4. The first-order chi connectivity index (χ1) is 12.2. The van der Waals surface area contributed by atoms with Crippen LogP contribution in [0.3, 0.4) is 0 Å². The summed E-state index contributed by atoms with van der Waals surface area (Å²) in [6.07, 6.45) is 6.86. The molecular formula is C17H12BrN7. The molecule has 0 aliphatic heterocycles. The summed E-state index contributed by atoms with van der Waals surface area (Å²) in [6.45, 7) is 0. The Hall–Kier alpha value is -3.13. The maximum Gasteiger partial charge on any atom is 0.174 e. The predicted octanol–water partition coefficient (Wildman–Crippen LogP) is 4.78. The highest BCUT2D eigenvalue weighted by atomic mass is 79.9.